The molecule has 1 N–H and O–H groups in total. The van der Waals surface area contributed by atoms with Gasteiger partial charge in [-0.15, -0.1) is 0 Å². The molecular weight excluding hydrogens is 377 g/mol. The van der Waals surface area contributed by atoms with Gasteiger partial charge in [0.1, 0.15) is 5.82 Å². The minimum Gasteiger partial charge on any atom is -0.277 e. The standard InChI is InChI=1S/C21H18FN3O2S/c1-13-9-20(18-11-23-25-21(18)15-4-6-16(22)7-5-15)24-19-8-3-14(10-17(13)19)12-28(2,26)27/h3-11H,12H2,1-2H3,(H,23,25). The Balaban J connectivity index is 1.80. The zero-order valence-electron chi connectivity index (χ0n) is 15.4. The number of nitrogens with zero attached hydrogens (tertiary/aromatic N) is 2. The molecule has 0 fully saturated rings. The van der Waals surface area contributed by atoms with Crippen LogP contribution in [-0.4, -0.2) is 29.9 Å². The Kier molecular flexibility index (Phi) is 4.47. The van der Waals surface area contributed by atoms with E-state index in [1.807, 2.05) is 25.1 Å². The van der Waals surface area contributed by atoms with E-state index < -0.39 is 9.84 Å². The topological polar surface area (TPSA) is 75.7 Å². The molecule has 0 unspecified atom stereocenters. The molecule has 0 aliphatic carbocycles. The maximum absolute atomic E-state index is 13.2. The lowest BCUT2D eigenvalue weighted by Crippen LogP contribution is -2.01. The third-order valence-electron chi connectivity index (χ3n) is 4.56. The Labute approximate surface area is 162 Å². The van der Waals surface area contributed by atoms with Crippen LogP contribution in [0.25, 0.3) is 33.4 Å². The normalized spacial score (nSPS) is 11.8. The van der Waals surface area contributed by atoms with Crippen LogP contribution in [0.15, 0.2) is 54.7 Å². The van der Waals surface area contributed by atoms with Crippen LogP contribution in [-0.2, 0) is 15.6 Å². The van der Waals surface area contributed by atoms with Gasteiger partial charge in [0.25, 0.3) is 0 Å². The molecule has 4 aromatic rings. The summed E-state index contributed by atoms with van der Waals surface area (Å²) in [5.41, 5.74) is 5.64. The quantitative estimate of drug-likeness (QED) is 0.559. The van der Waals surface area contributed by atoms with Crippen LogP contribution < -0.4 is 0 Å². The molecule has 0 amide bonds. The van der Waals surface area contributed by atoms with Crippen LogP contribution in [0.3, 0.4) is 0 Å². The number of nitrogens with one attached hydrogen (secondary N) is 1. The summed E-state index contributed by atoms with van der Waals surface area (Å²) in [6.45, 7) is 1.97. The Morgan fingerprint density at radius 1 is 1.07 bits per heavy atom. The second-order valence-corrected chi connectivity index (χ2v) is 9.05. The molecular formula is C21H18FN3O2S. The van der Waals surface area contributed by atoms with Crippen molar-refractivity contribution >= 4 is 20.7 Å². The summed E-state index contributed by atoms with van der Waals surface area (Å²) in [5, 5.41) is 8.01. The molecule has 0 spiro atoms. The highest BCUT2D eigenvalue weighted by molar-refractivity contribution is 7.89. The fraction of sp³-hybridized carbons (Fsp3) is 0.143. The summed E-state index contributed by atoms with van der Waals surface area (Å²) in [5.74, 6) is -0.296. The Morgan fingerprint density at radius 3 is 2.54 bits per heavy atom. The van der Waals surface area contributed by atoms with Crippen LogP contribution in [0.5, 0.6) is 0 Å². The van der Waals surface area contributed by atoms with Gasteiger partial charge in [-0.05, 0) is 60.5 Å². The van der Waals surface area contributed by atoms with Gasteiger partial charge in [0.2, 0.25) is 0 Å². The molecule has 0 aliphatic heterocycles. The van der Waals surface area contributed by atoms with Crippen molar-refractivity contribution in [3.8, 4) is 22.5 Å². The molecule has 0 saturated carbocycles. The molecule has 142 valence electrons. The van der Waals surface area contributed by atoms with E-state index in [2.05, 4.69) is 10.2 Å². The molecule has 28 heavy (non-hydrogen) atoms. The van der Waals surface area contributed by atoms with Crippen molar-refractivity contribution in [3.05, 3.63) is 71.7 Å². The Morgan fingerprint density at radius 2 is 1.82 bits per heavy atom. The van der Waals surface area contributed by atoms with Crippen molar-refractivity contribution < 1.29 is 12.8 Å². The highest BCUT2D eigenvalue weighted by Crippen LogP contribution is 2.31. The van der Waals surface area contributed by atoms with E-state index in [9.17, 15) is 12.8 Å². The average Bonchev–Trinajstić information content (AvgIpc) is 3.11. The van der Waals surface area contributed by atoms with Crippen molar-refractivity contribution in [3.63, 3.8) is 0 Å². The minimum atomic E-state index is -3.10. The van der Waals surface area contributed by atoms with Crippen LogP contribution >= 0.6 is 0 Å². The highest BCUT2D eigenvalue weighted by Gasteiger charge is 2.14. The van der Waals surface area contributed by atoms with Crippen LogP contribution in [0.2, 0.25) is 0 Å². The van der Waals surface area contributed by atoms with E-state index in [0.29, 0.717) is 0 Å². The number of pyridine rings is 1. The number of sulfone groups is 1. The van der Waals surface area contributed by atoms with Crippen molar-refractivity contribution in [2.45, 2.75) is 12.7 Å². The molecule has 4 rings (SSSR count). The molecule has 0 bridgehead atoms. The predicted octanol–water partition coefficient (Wildman–Crippen LogP) is 4.28. The van der Waals surface area contributed by atoms with E-state index in [4.69, 9.17) is 4.98 Å². The molecule has 2 aromatic carbocycles. The van der Waals surface area contributed by atoms with Gasteiger partial charge in [0, 0.05) is 22.8 Å². The van der Waals surface area contributed by atoms with Gasteiger partial charge < -0.3 is 0 Å². The number of aromatic amines is 1. The fourth-order valence-electron chi connectivity index (χ4n) is 3.29. The summed E-state index contributed by atoms with van der Waals surface area (Å²) in [6.07, 6.45) is 2.92. The van der Waals surface area contributed by atoms with Gasteiger partial charge in [0.15, 0.2) is 9.84 Å². The van der Waals surface area contributed by atoms with Crippen LogP contribution in [0, 0.1) is 12.7 Å². The monoisotopic (exact) mass is 395 g/mol. The predicted molar refractivity (Wildman–Crippen MR) is 108 cm³/mol. The smallest absolute Gasteiger partial charge is 0.151 e. The largest absolute Gasteiger partial charge is 0.277 e. The minimum absolute atomic E-state index is 0.000572. The second-order valence-electron chi connectivity index (χ2n) is 6.91. The number of aromatic nitrogens is 3. The Bertz CT molecular complexity index is 1280. The van der Waals surface area contributed by atoms with Crippen molar-refractivity contribution in [2.24, 2.45) is 0 Å². The van der Waals surface area contributed by atoms with Gasteiger partial charge >= 0.3 is 0 Å². The molecule has 2 heterocycles. The summed E-state index contributed by atoms with van der Waals surface area (Å²) in [4.78, 5) is 4.74. The number of hydrogen-bond donors (Lipinski definition) is 1. The molecule has 2 aromatic heterocycles. The lowest BCUT2D eigenvalue weighted by Gasteiger charge is -2.09. The van der Waals surface area contributed by atoms with Crippen molar-refractivity contribution in [1.29, 1.82) is 0 Å². The van der Waals surface area contributed by atoms with E-state index in [0.717, 1.165) is 44.5 Å². The summed E-state index contributed by atoms with van der Waals surface area (Å²) >= 11 is 0. The van der Waals surface area contributed by atoms with Gasteiger partial charge in [-0.25, -0.2) is 17.8 Å². The first-order chi connectivity index (χ1) is 13.3. The average molecular weight is 395 g/mol. The summed E-state index contributed by atoms with van der Waals surface area (Å²) < 4.78 is 36.4. The first-order valence-corrected chi connectivity index (χ1v) is 10.7. The third kappa shape index (κ3) is 3.66. The van der Waals surface area contributed by atoms with E-state index in [1.54, 1.807) is 24.4 Å². The number of fused-ring (bicyclic) bond motifs is 1. The zero-order valence-corrected chi connectivity index (χ0v) is 16.2. The summed E-state index contributed by atoms with van der Waals surface area (Å²) in [6, 6.07) is 13.6. The first-order valence-electron chi connectivity index (χ1n) is 8.68. The zero-order chi connectivity index (χ0) is 19.9. The maximum atomic E-state index is 13.2. The Hall–Kier alpha value is -3.06. The lowest BCUT2D eigenvalue weighted by molar-refractivity contribution is 0.601. The van der Waals surface area contributed by atoms with Crippen LogP contribution in [0.4, 0.5) is 4.39 Å². The van der Waals surface area contributed by atoms with E-state index in [-0.39, 0.29) is 11.6 Å². The summed E-state index contributed by atoms with van der Waals surface area (Å²) in [7, 11) is -3.10. The lowest BCUT2D eigenvalue weighted by atomic mass is 10.0. The highest BCUT2D eigenvalue weighted by atomic mass is 32.2. The van der Waals surface area contributed by atoms with Gasteiger partial charge in [-0.1, -0.05) is 6.07 Å². The van der Waals surface area contributed by atoms with Crippen molar-refractivity contribution in [1.82, 2.24) is 15.2 Å². The van der Waals surface area contributed by atoms with Crippen molar-refractivity contribution in [2.75, 3.05) is 6.26 Å². The molecule has 0 aliphatic rings. The van der Waals surface area contributed by atoms with Gasteiger partial charge in [-0.3, -0.25) is 5.10 Å². The molecule has 7 heteroatoms. The number of hydrogen-bond acceptors (Lipinski definition) is 4. The maximum Gasteiger partial charge on any atom is 0.151 e. The third-order valence-corrected chi connectivity index (χ3v) is 5.41. The van der Waals surface area contributed by atoms with Gasteiger partial charge in [-0.2, -0.15) is 5.10 Å². The first kappa shape index (κ1) is 18.3. The number of halogens is 1. The SMILES string of the molecule is Cc1cc(-c2cn[nH]c2-c2ccc(F)cc2)nc2ccc(CS(C)(=O)=O)cc12. The van der Waals surface area contributed by atoms with Gasteiger partial charge in [0.05, 0.1) is 28.9 Å². The van der Waals surface area contributed by atoms with E-state index >= 15 is 0 Å². The van der Waals surface area contributed by atoms with E-state index in [1.165, 1.54) is 18.4 Å². The fourth-order valence-corrected chi connectivity index (χ4v) is 4.07. The molecule has 0 radical (unpaired) electrons. The molecule has 0 saturated heterocycles. The number of aryl methyl sites for hydroxylation is 1. The molecule has 0 atom stereocenters. The number of rotatable bonds is 4. The second kappa shape index (κ2) is 6.83. The molecule has 5 nitrogen and oxygen atoms in total. The number of H-pyrrole nitrogens is 1. The number of benzene rings is 2. The van der Waals surface area contributed by atoms with Crippen LogP contribution in [0.1, 0.15) is 11.1 Å².